The SMILES string of the molecule is CCCC/C=C\CCCCCCCC(=O)OC(CO)COP(=O)(O)OCC(COC(=O)CCCCCCCCC/C=C\CCCCCCCC)OC(=O)CCCCCCCCCCCCCCCCCCCCC. The Morgan fingerprint density at radius 3 is 0.973 bits per heavy atom. The Bertz CT molecular complexity index is 1340. The lowest BCUT2D eigenvalue weighted by Crippen LogP contribution is -2.30. The predicted octanol–water partition coefficient (Wildman–Crippen LogP) is 18.6. The van der Waals surface area contributed by atoms with Crippen molar-refractivity contribution in [2.24, 2.45) is 0 Å². The molecule has 3 unspecified atom stereocenters. The molecule has 0 aliphatic heterocycles. The number of esters is 3. The molecule has 0 heterocycles. The van der Waals surface area contributed by atoms with Crippen molar-refractivity contribution in [3.63, 3.8) is 0 Å². The summed E-state index contributed by atoms with van der Waals surface area (Å²) in [5.74, 6) is -1.45. The Balaban J connectivity index is 4.66. The van der Waals surface area contributed by atoms with Crippen LogP contribution in [-0.4, -0.2) is 66.5 Å². The molecule has 0 aliphatic carbocycles. The largest absolute Gasteiger partial charge is 0.472 e. The number of hydrogen-bond acceptors (Lipinski definition) is 10. The van der Waals surface area contributed by atoms with Crippen LogP contribution in [-0.2, 0) is 42.2 Å². The molecular weight excluding hydrogens is 952 g/mol. The molecule has 11 nitrogen and oxygen atoms in total. The van der Waals surface area contributed by atoms with Crippen molar-refractivity contribution in [2.75, 3.05) is 26.4 Å². The second-order valence-electron chi connectivity index (χ2n) is 21.2. The summed E-state index contributed by atoms with van der Waals surface area (Å²) >= 11 is 0. The van der Waals surface area contributed by atoms with E-state index in [0.29, 0.717) is 19.3 Å². The van der Waals surface area contributed by atoms with Crippen LogP contribution < -0.4 is 0 Å². The standard InChI is InChI=1S/C62H117O11P/c1-4-7-10-13-16-19-22-24-26-28-29-31-33-35-38-41-44-47-50-53-62(66)73-59(55-69-60(64)51-48-45-42-39-37-34-32-30-27-25-23-20-17-14-11-8-5-2)57-71-74(67,68)70-56-58(54-63)72-61(65)52-49-46-43-40-36-21-18-15-12-9-6-3/h15,18,25,27,58-59,63H,4-14,16-17,19-24,26,28-57H2,1-3H3,(H,67,68)/b18-15-,27-25-. The second kappa shape index (κ2) is 57.1. The van der Waals surface area contributed by atoms with E-state index < -0.39 is 57.8 Å². The topological polar surface area (TPSA) is 155 Å². The fraction of sp³-hybridized carbons (Fsp3) is 0.887. The zero-order valence-electron chi connectivity index (χ0n) is 48.3. The van der Waals surface area contributed by atoms with Crippen molar-refractivity contribution >= 4 is 25.7 Å². The minimum atomic E-state index is -4.74. The van der Waals surface area contributed by atoms with Crippen molar-refractivity contribution in [3.05, 3.63) is 24.3 Å². The number of ether oxygens (including phenoxy) is 3. The molecule has 0 fully saturated rings. The molecule has 0 spiro atoms. The Morgan fingerprint density at radius 1 is 0.365 bits per heavy atom. The van der Waals surface area contributed by atoms with Crippen LogP contribution in [0.25, 0.3) is 0 Å². The molecular formula is C62H117O11P. The van der Waals surface area contributed by atoms with E-state index in [0.717, 1.165) is 83.5 Å². The molecule has 0 rings (SSSR count). The first-order valence-electron chi connectivity index (χ1n) is 31.2. The average molecular weight is 1070 g/mol. The van der Waals surface area contributed by atoms with Crippen molar-refractivity contribution in [2.45, 2.75) is 328 Å². The zero-order chi connectivity index (χ0) is 54.1. The third-order valence-corrected chi connectivity index (χ3v) is 14.8. The number of aliphatic hydroxyl groups is 1. The molecule has 0 saturated heterocycles. The second-order valence-corrected chi connectivity index (χ2v) is 22.7. The van der Waals surface area contributed by atoms with Gasteiger partial charge < -0.3 is 24.2 Å². The maximum atomic E-state index is 12.9. The van der Waals surface area contributed by atoms with Crippen molar-refractivity contribution < 1.29 is 52.2 Å². The Kier molecular flexibility index (Phi) is 55.6. The highest BCUT2D eigenvalue weighted by Crippen LogP contribution is 2.43. The molecule has 436 valence electrons. The molecule has 0 amide bonds. The number of phosphoric ester groups is 1. The number of carbonyl (C=O) groups excluding carboxylic acids is 3. The summed E-state index contributed by atoms with van der Waals surface area (Å²) in [5, 5.41) is 9.81. The van der Waals surface area contributed by atoms with Crippen LogP contribution >= 0.6 is 7.82 Å². The van der Waals surface area contributed by atoms with Crippen molar-refractivity contribution in [3.8, 4) is 0 Å². The van der Waals surface area contributed by atoms with Crippen LogP contribution in [0.5, 0.6) is 0 Å². The van der Waals surface area contributed by atoms with E-state index >= 15 is 0 Å². The van der Waals surface area contributed by atoms with E-state index in [9.17, 15) is 28.9 Å². The van der Waals surface area contributed by atoms with E-state index in [2.05, 4.69) is 45.1 Å². The summed E-state index contributed by atoms with van der Waals surface area (Å²) in [6.45, 7) is 4.65. The average Bonchev–Trinajstić information content (AvgIpc) is 3.39. The van der Waals surface area contributed by atoms with E-state index in [4.69, 9.17) is 23.3 Å². The molecule has 3 atom stereocenters. The summed E-state index contributed by atoms with van der Waals surface area (Å²) in [7, 11) is -4.74. The number of hydrogen-bond donors (Lipinski definition) is 2. The quantitative estimate of drug-likeness (QED) is 0.0197. The number of rotatable bonds is 59. The normalized spacial score (nSPS) is 13.4. The van der Waals surface area contributed by atoms with Crippen LogP contribution in [0.15, 0.2) is 24.3 Å². The van der Waals surface area contributed by atoms with Crippen LogP contribution in [0.3, 0.4) is 0 Å². The van der Waals surface area contributed by atoms with E-state index in [1.807, 2.05) is 0 Å². The molecule has 12 heteroatoms. The highest BCUT2D eigenvalue weighted by atomic mass is 31.2. The molecule has 0 saturated carbocycles. The van der Waals surface area contributed by atoms with E-state index in [1.165, 1.54) is 173 Å². The third-order valence-electron chi connectivity index (χ3n) is 13.8. The molecule has 0 aromatic carbocycles. The molecule has 0 bridgehead atoms. The van der Waals surface area contributed by atoms with Crippen molar-refractivity contribution in [1.82, 2.24) is 0 Å². The molecule has 2 N–H and O–H groups in total. The maximum Gasteiger partial charge on any atom is 0.472 e. The predicted molar refractivity (Wildman–Crippen MR) is 307 cm³/mol. The first-order valence-corrected chi connectivity index (χ1v) is 32.7. The Morgan fingerprint density at radius 2 is 0.635 bits per heavy atom. The summed E-state index contributed by atoms with van der Waals surface area (Å²) in [6, 6.07) is 0. The Labute approximate surface area is 455 Å². The van der Waals surface area contributed by atoms with Crippen LogP contribution in [0.4, 0.5) is 0 Å². The van der Waals surface area contributed by atoms with Gasteiger partial charge in [0.15, 0.2) is 6.10 Å². The van der Waals surface area contributed by atoms with Gasteiger partial charge in [-0.05, 0) is 64.2 Å². The molecule has 0 aromatic rings. The first kappa shape index (κ1) is 72.0. The van der Waals surface area contributed by atoms with Gasteiger partial charge in [-0.25, -0.2) is 4.57 Å². The summed E-state index contributed by atoms with van der Waals surface area (Å²) in [6.07, 6.45) is 58.5. The van der Waals surface area contributed by atoms with Gasteiger partial charge in [0.2, 0.25) is 0 Å². The molecule has 74 heavy (non-hydrogen) atoms. The van der Waals surface area contributed by atoms with Gasteiger partial charge in [-0.1, -0.05) is 257 Å². The Hall–Kier alpha value is -2.04. The van der Waals surface area contributed by atoms with Gasteiger partial charge in [0.1, 0.15) is 12.7 Å². The lowest BCUT2D eigenvalue weighted by Gasteiger charge is -2.21. The van der Waals surface area contributed by atoms with Crippen LogP contribution in [0.1, 0.15) is 316 Å². The monoisotopic (exact) mass is 1070 g/mol. The number of carbonyl (C=O) groups is 3. The minimum absolute atomic E-state index is 0.170. The fourth-order valence-corrected chi connectivity index (χ4v) is 9.82. The van der Waals surface area contributed by atoms with Gasteiger partial charge >= 0.3 is 25.7 Å². The lowest BCUT2D eigenvalue weighted by molar-refractivity contribution is -0.161. The van der Waals surface area contributed by atoms with Gasteiger partial charge in [-0.15, -0.1) is 0 Å². The van der Waals surface area contributed by atoms with Gasteiger partial charge in [0.05, 0.1) is 19.8 Å². The van der Waals surface area contributed by atoms with Gasteiger partial charge in [0, 0.05) is 19.3 Å². The highest BCUT2D eigenvalue weighted by molar-refractivity contribution is 7.47. The number of unbranched alkanes of at least 4 members (excludes halogenated alkanes) is 38. The number of allylic oxidation sites excluding steroid dienone is 4. The van der Waals surface area contributed by atoms with Crippen molar-refractivity contribution in [1.29, 1.82) is 0 Å². The lowest BCUT2D eigenvalue weighted by atomic mass is 10.0. The van der Waals surface area contributed by atoms with Crippen LogP contribution in [0.2, 0.25) is 0 Å². The van der Waals surface area contributed by atoms with Gasteiger partial charge in [-0.3, -0.25) is 23.4 Å². The third kappa shape index (κ3) is 54.7. The molecule has 0 aliphatic rings. The summed E-state index contributed by atoms with van der Waals surface area (Å²) in [5.41, 5.74) is 0. The van der Waals surface area contributed by atoms with Crippen LogP contribution in [0, 0.1) is 0 Å². The fourth-order valence-electron chi connectivity index (χ4n) is 9.04. The van der Waals surface area contributed by atoms with E-state index in [-0.39, 0.29) is 25.9 Å². The minimum Gasteiger partial charge on any atom is -0.462 e. The smallest absolute Gasteiger partial charge is 0.462 e. The van der Waals surface area contributed by atoms with Gasteiger partial charge in [-0.2, -0.15) is 0 Å². The van der Waals surface area contributed by atoms with Gasteiger partial charge in [0.25, 0.3) is 0 Å². The number of phosphoric acid groups is 1. The molecule has 0 aromatic heterocycles. The summed E-state index contributed by atoms with van der Waals surface area (Å²) in [4.78, 5) is 48.6. The first-order chi connectivity index (χ1) is 36.2. The maximum absolute atomic E-state index is 12.9. The molecule has 0 radical (unpaired) electrons. The van der Waals surface area contributed by atoms with E-state index in [1.54, 1.807) is 0 Å². The number of aliphatic hydroxyl groups excluding tert-OH is 1. The summed E-state index contributed by atoms with van der Waals surface area (Å²) < 4.78 is 39.6. The zero-order valence-corrected chi connectivity index (χ0v) is 49.2. The highest BCUT2D eigenvalue weighted by Gasteiger charge is 2.28.